The minimum atomic E-state index is -4.75. The number of amides is 1. The molecule has 18 heavy (non-hydrogen) atoms. The molecule has 0 spiro atoms. The molecule has 1 rings (SSSR count). The van der Waals surface area contributed by atoms with Crippen LogP contribution in [0.15, 0.2) is 0 Å². The van der Waals surface area contributed by atoms with Gasteiger partial charge in [0, 0.05) is 13.0 Å². The lowest BCUT2D eigenvalue weighted by molar-refractivity contribution is -0.191. The monoisotopic (exact) mass is 291 g/mol. The zero-order valence-electron chi connectivity index (χ0n) is 9.35. The second kappa shape index (κ2) is 4.92. The van der Waals surface area contributed by atoms with Crippen LogP contribution in [-0.2, 0) is 14.3 Å². The van der Waals surface area contributed by atoms with Crippen molar-refractivity contribution in [2.45, 2.75) is 31.2 Å². The van der Waals surface area contributed by atoms with Crippen LogP contribution in [0.2, 0.25) is 0 Å². The molecule has 0 aliphatic carbocycles. The molecule has 0 bridgehead atoms. The summed E-state index contributed by atoms with van der Waals surface area (Å²) in [4.78, 5) is 10.9. The zero-order chi connectivity index (χ0) is 14.1. The molecule has 1 aliphatic heterocycles. The van der Waals surface area contributed by atoms with Crippen molar-refractivity contribution in [2.24, 2.45) is 0 Å². The van der Waals surface area contributed by atoms with Gasteiger partial charge in [-0.25, -0.2) is 4.79 Å². The number of likely N-dealkylation sites (tertiary alicyclic amines) is 1. The maximum absolute atomic E-state index is 12.6. The van der Waals surface area contributed by atoms with Gasteiger partial charge in [-0.1, -0.05) is 0 Å². The highest BCUT2D eigenvalue weighted by molar-refractivity contribution is 7.86. The van der Waals surface area contributed by atoms with E-state index < -0.39 is 47.5 Å². The molecule has 0 aromatic carbocycles. The Bertz CT molecular complexity index is 421. The number of piperidine rings is 1. The Morgan fingerprint density at radius 1 is 1.44 bits per heavy atom. The molecule has 0 aromatic heterocycles. The molecular weight excluding hydrogens is 279 g/mol. The smallest absolute Gasteiger partial charge is 0.409 e. The van der Waals surface area contributed by atoms with Crippen LogP contribution < -0.4 is 0 Å². The zero-order valence-corrected chi connectivity index (χ0v) is 10.2. The SMILES string of the molecule is CS(=O)(=O)O[C@@H]1CCN(C(=O)O)[C@@H](C(F)(F)F)C1. The summed E-state index contributed by atoms with van der Waals surface area (Å²) in [6.07, 6.45) is -7.66. The molecule has 106 valence electrons. The summed E-state index contributed by atoms with van der Waals surface area (Å²) in [6, 6.07) is -2.24. The fourth-order valence-electron chi connectivity index (χ4n) is 1.81. The van der Waals surface area contributed by atoms with Crippen LogP contribution in [0, 0.1) is 0 Å². The molecule has 2 atom stereocenters. The highest BCUT2D eigenvalue weighted by atomic mass is 32.2. The van der Waals surface area contributed by atoms with Gasteiger partial charge in [0.1, 0.15) is 6.04 Å². The topological polar surface area (TPSA) is 83.9 Å². The van der Waals surface area contributed by atoms with Crippen LogP contribution in [-0.4, -0.2) is 55.6 Å². The van der Waals surface area contributed by atoms with Gasteiger partial charge in [-0.3, -0.25) is 9.08 Å². The third-order valence-corrected chi connectivity index (χ3v) is 3.11. The van der Waals surface area contributed by atoms with E-state index in [9.17, 15) is 26.4 Å². The van der Waals surface area contributed by atoms with Crippen molar-refractivity contribution in [1.82, 2.24) is 4.90 Å². The molecule has 0 saturated carbocycles. The van der Waals surface area contributed by atoms with Gasteiger partial charge >= 0.3 is 12.3 Å². The van der Waals surface area contributed by atoms with E-state index in [0.29, 0.717) is 0 Å². The average Bonchev–Trinajstić information content (AvgIpc) is 2.13. The maximum atomic E-state index is 12.6. The van der Waals surface area contributed by atoms with Gasteiger partial charge in [0.15, 0.2) is 0 Å². The molecule has 1 amide bonds. The number of carboxylic acid groups (broad SMARTS) is 1. The van der Waals surface area contributed by atoms with Crippen LogP contribution in [0.5, 0.6) is 0 Å². The Kier molecular flexibility index (Phi) is 4.11. The van der Waals surface area contributed by atoms with Crippen molar-refractivity contribution in [3.8, 4) is 0 Å². The van der Waals surface area contributed by atoms with Gasteiger partial charge < -0.3 is 5.11 Å². The van der Waals surface area contributed by atoms with Crippen LogP contribution in [0.1, 0.15) is 12.8 Å². The summed E-state index contributed by atoms with van der Waals surface area (Å²) >= 11 is 0. The van der Waals surface area contributed by atoms with Crippen LogP contribution in [0.4, 0.5) is 18.0 Å². The van der Waals surface area contributed by atoms with Gasteiger partial charge in [-0.2, -0.15) is 21.6 Å². The fraction of sp³-hybridized carbons (Fsp3) is 0.875. The maximum Gasteiger partial charge on any atom is 0.409 e. The predicted molar refractivity (Wildman–Crippen MR) is 53.5 cm³/mol. The van der Waals surface area contributed by atoms with Crippen molar-refractivity contribution in [2.75, 3.05) is 12.8 Å². The second-order valence-electron chi connectivity index (χ2n) is 3.98. The fourth-order valence-corrected chi connectivity index (χ4v) is 2.48. The molecule has 1 heterocycles. The van der Waals surface area contributed by atoms with Crippen molar-refractivity contribution >= 4 is 16.2 Å². The van der Waals surface area contributed by atoms with Crippen molar-refractivity contribution < 1.29 is 35.7 Å². The van der Waals surface area contributed by atoms with Crippen LogP contribution in [0.3, 0.4) is 0 Å². The van der Waals surface area contributed by atoms with Gasteiger partial charge in [0.25, 0.3) is 10.1 Å². The highest BCUT2D eigenvalue weighted by Crippen LogP contribution is 2.33. The van der Waals surface area contributed by atoms with E-state index in [1.54, 1.807) is 0 Å². The van der Waals surface area contributed by atoms with E-state index in [2.05, 4.69) is 4.18 Å². The molecular formula is C8H12F3NO5S. The summed E-state index contributed by atoms with van der Waals surface area (Å²) in [5, 5.41) is 8.66. The first-order valence-corrected chi connectivity index (χ1v) is 6.77. The van der Waals surface area contributed by atoms with Gasteiger partial charge in [0.2, 0.25) is 0 Å². The average molecular weight is 291 g/mol. The van der Waals surface area contributed by atoms with E-state index in [0.717, 1.165) is 6.26 Å². The molecule has 0 unspecified atom stereocenters. The normalized spacial score (nSPS) is 26.1. The molecule has 10 heteroatoms. The number of hydrogen-bond donors (Lipinski definition) is 1. The van der Waals surface area contributed by atoms with Gasteiger partial charge in [-0.05, 0) is 6.42 Å². The lowest BCUT2D eigenvalue weighted by atomic mass is 9.99. The molecule has 1 N–H and O–H groups in total. The Hall–Kier alpha value is -1.03. The Morgan fingerprint density at radius 3 is 2.39 bits per heavy atom. The number of halogens is 3. The minimum absolute atomic E-state index is 0.0913. The number of alkyl halides is 3. The molecule has 1 aliphatic rings. The van der Waals surface area contributed by atoms with Crippen LogP contribution >= 0.6 is 0 Å². The highest BCUT2D eigenvalue weighted by Gasteiger charge is 2.49. The van der Waals surface area contributed by atoms with Gasteiger partial charge in [-0.15, -0.1) is 0 Å². The second-order valence-corrected chi connectivity index (χ2v) is 5.58. The van der Waals surface area contributed by atoms with Crippen molar-refractivity contribution in [3.05, 3.63) is 0 Å². The summed E-state index contributed by atoms with van der Waals surface area (Å²) in [5.41, 5.74) is 0. The minimum Gasteiger partial charge on any atom is -0.465 e. The first-order chi connectivity index (χ1) is 8.00. The summed E-state index contributed by atoms with van der Waals surface area (Å²) in [7, 11) is -3.86. The van der Waals surface area contributed by atoms with E-state index in [1.807, 2.05) is 0 Å². The largest absolute Gasteiger partial charge is 0.465 e. The molecule has 1 saturated heterocycles. The third-order valence-electron chi connectivity index (χ3n) is 2.49. The number of nitrogens with zero attached hydrogens (tertiary/aromatic N) is 1. The van der Waals surface area contributed by atoms with E-state index in [4.69, 9.17) is 5.11 Å². The van der Waals surface area contributed by atoms with Gasteiger partial charge in [0.05, 0.1) is 12.4 Å². The first kappa shape index (κ1) is 15.0. The number of rotatable bonds is 2. The number of carbonyl (C=O) groups is 1. The quantitative estimate of drug-likeness (QED) is 0.768. The Morgan fingerprint density at radius 2 is 2.00 bits per heavy atom. The summed E-state index contributed by atoms with van der Waals surface area (Å²) in [5.74, 6) is 0. The molecule has 0 radical (unpaired) electrons. The van der Waals surface area contributed by atoms with E-state index >= 15 is 0 Å². The van der Waals surface area contributed by atoms with E-state index in [1.165, 1.54) is 0 Å². The Balaban J connectivity index is 2.83. The molecule has 6 nitrogen and oxygen atoms in total. The predicted octanol–water partition coefficient (Wildman–Crippen LogP) is 1.04. The third kappa shape index (κ3) is 4.02. The standard InChI is InChI=1S/C8H12F3NO5S/c1-18(15,16)17-5-2-3-12(7(13)14)6(4-5)8(9,10)11/h5-6H,2-4H2,1H3,(H,13,14)/t5-,6-/m1/s1. The lowest BCUT2D eigenvalue weighted by Crippen LogP contribution is -2.54. The number of hydrogen-bond acceptors (Lipinski definition) is 4. The van der Waals surface area contributed by atoms with Crippen molar-refractivity contribution in [3.63, 3.8) is 0 Å². The molecule has 1 fully saturated rings. The Labute approximate surface area is 101 Å². The first-order valence-electron chi connectivity index (χ1n) is 4.95. The van der Waals surface area contributed by atoms with Crippen LogP contribution in [0.25, 0.3) is 0 Å². The van der Waals surface area contributed by atoms with E-state index in [-0.39, 0.29) is 11.3 Å². The summed E-state index contributed by atoms with van der Waals surface area (Å²) in [6.45, 7) is -0.417. The molecule has 0 aromatic rings. The lowest BCUT2D eigenvalue weighted by Gasteiger charge is -2.37. The van der Waals surface area contributed by atoms with Crippen molar-refractivity contribution in [1.29, 1.82) is 0 Å². The summed E-state index contributed by atoms with van der Waals surface area (Å²) < 4.78 is 64.1.